The van der Waals surface area contributed by atoms with Gasteiger partial charge in [0, 0.05) is 10.1 Å². The van der Waals surface area contributed by atoms with Crippen molar-refractivity contribution in [1.29, 1.82) is 0 Å². The number of fused-ring (bicyclic) bond motifs is 1. The molecule has 0 amide bonds. The van der Waals surface area contributed by atoms with Gasteiger partial charge in [0.25, 0.3) is 0 Å². The zero-order chi connectivity index (χ0) is 7.84. The predicted molar refractivity (Wildman–Crippen MR) is 47.5 cm³/mol. The van der Waals surface area contributed by atoms with E-state index < -0.39 is 0 Å². The zero-order valence-electron chi connectivity index (χ0n) is 6.08. The van der Waals surface area contributed by atoms with Crippen molar-refractivity contribution in [3.8, 4) is 0 Å². The number of halogens is 1. The first kappa shape index (κ1) is 6.98. The summed E-state index contributed by atoms with van der Waals surface area (Å²) in [6.07, 6.45) is 5.94. The summed E-state index contributed by atoms with van der Waals surface area (Å²) in [6.45, 7) is 2.07. The van der Waals surface area contributed by atoms with Crippen molar-refractivity contribution < 1.29 is 0 Å². The van der Waals surface area contributed by atoms with Crippen LogP contribution < -0.4 is 0 Å². The normalized spacial score (nSPS) is 27.5. The van der Waals surface area contributed by atoms with Gasteiger partial charge in [0.15, 0.2) is 0 Å². The third-order valence-electron chi connectivity index (χ3n) is 1.81. The lowest BCUT2D eigenvalue weighted by atomic mass is 9.97. The highest BCUT2D eigenvalue weighted by molar-refractivity contribution is 9.11. The summed E-state index contributed by atoms with van der Waals surface area (Å²) in [5.41, 5.74) is 2.42. The summed E-state index contributed by atoms with van der Waals surface area (Å²) in [5, 5.41) is 7.94. The van der Waals surface area contributed by atoms with Gasteiger partial charge in [0.2, 0.25) is 0 Å². The Balaban J connectivity index is 2.45. The summed E-state index contributed by atoms with van der Waals surface area (Å²) in [5.74, 6) is 0. The molecule has 11 heavy (non-hydrogen) atoms. The molecule has 0 saturated carbocycles. The Morgan fingerprint density at radius 2 is 2.27 bits per heavy atom. The quantitative estimate of drug-likeness (QED) is 0.588. The Morgan fingerprint density at radius 3 is 3.09 bits per heavy atom. The van der Waals surface area contributed by atoms with Gasteiger partial charge in [-0.1, -0.05) is 15.9 Å². The van der Waals surface area contributed by atoms with E-state index in [1.54, 1.807) is 0 Å². The highest BCUT2D eigenvalue weighted by Gasteiger charge is 2.20. The maximum atomic E-state index is 4.07. The fourth-order valence-corrected chi connectivity index (χ4v) is 1.90. The van der Waals surface area contributed by atoms with Gasteiger partial charge in [-0.05, 0) is 24.6 Å². The van der Waals surface area contributed by atoms with Gasteiger partial charge in [-0.2, -0.15) is 10.2 Å². The van der Waals surface area contributed by atoms with Crippen LogP contribution in [0.15, 0.2) is 44.2 Å². The first-order valence-corrected chi connectivity index (χ1v) is 4.22. The van der Waals surface area contributed by atoms with Crippen LogP contribution in [-0.4, -0.2) is 6.04 Å². The van der Waals surface area contributed by atoms with Crippen molar-refractivity contribution in [3.05, 3.63) is 34.0 Å². The second kappa shape index (κ2) is 2.41. The molecular formula is C8H7BrN2. The summed E-state index contributed by atoms with van der Waals surface area (Å²) in [6, 6.07) is 0.191. The minimum atomic E-state index is 0.191. The van der Waals surface area contributed by atoms with E-state index in [1.165, 1.54) is 11.1 Å². The molecule has 2 nitrogen and oxygen atoms in total. The molecule has 1 aliphatic carbocycles. The molecule has 1 heterocycles. The third-order valence-corrected chi connectivity index (χ3v) is 2.26. The lowest BCUT2D eigenvalue weighted by molar-refractivity contribution is 0.883. The van der Waals surface area contributed by atoms with Crippen LogP contribution in [0.1, 0.15) is 6.92 Å². The molecule has 3 heteroatoms. The molecular weight excluding hydrogens is 204 g/mol. The van der Waals surface area contributed by atoms with E-state index in [2.05, 4.69) is 45.2 Å². The van der Waals surface area contributed by atoms with Gasteiger partial charge < -0.3 is 0 Å². The molecule has 1 aliphatic heterocycles. The number of azo groups is 1. The van der Waals surface area contributed by atoms with E-state index in [-0.39, 0.29) is 6.04 Å². The van der Waals surface area contributed by atoms with E-state index in [1.807, 2.05) is 6.20 Å². The number of rotatable bonds is 0. The van der Waals surface area contributed by atoms with Crippen molar-refractivity contribution >= 4 is 15.9 Å². The largest absolute Gasteiger partial charge is 0.176 e. The molecule has 0 spiro atoms. The van der Waals surface area contributed by atoms with Gasteiger partial charge >= 0.3 is 0 Å². The van der Waals surface area contributed by atoms with Crippen molar-refractivity contribution in [2.45, 2.75) is 13.0 Å². The number of hydrogen-bond acceptors (Lipinski definition) is 2. The predicted octanol–water partition coefficient (Wildman–Crippen LogP) is 2.94. The van der Waals surface area contributed by atoms with Crippen LogP contribution in [0.25, 0.3) is 0 Å². The van der Waals surface area contributed by atoms with E-state index in [9.17, 15) is 0 Å². The van der Waals surface area contributed by atoms with Crippen LogP contribution in [0.5, 0.6) is 0 Å². The second-order valence-corrected chi connectivity index (χ2v) is 3.60. The molecule has 2 rings (SSSR count). The third kappa shape index (κ3) is 1.09. The molecule has 0 saturated heterocycles. The van der Waals surface area contributed by atoms with Gasteiger partial charge in [0.05, 0.1) is 6.20 Å². The monoisotopic (exact) mass is 210 g/mol. The van der Waals surface area contributed by atoms with E-state index in [0.29, 0.717) is 0 Å². The van der Waals surface area contributed by atoms with Crippen molar-refractivity contribution in [1.82, 2.24) is 0 Å². The van der Waals surface area contributed by atoms with Crippen LogP contribution in [0, 0.1) is 0 Å². The average Bonchev–Trinajstić information content (AvgIpc) is 2.34. The van der Waals surface area contributed by atoms with Crippen LogP contribution in [0.4, 0.5) is 0 Å². The van der Waals surface area contributed by atoms with Crippen molar-refractivity contribution in [2.75, 3.05) is 0 Å². The Kier molecular flexibility index (Phi) is 1.53. The van der Waals surface area contributed by atoms with Gasteiger partial charge in [-0.3, -0.25) is 0 Å². The first-order chi connectivity index (χ1) is 5.27. The SMILES string of the molecule is CC1=CC(Br)=CC2=CN=N[C@H]12. The minimum absolute atomic E-state index is 0.191. The van der Waals surface area contributed by atoms with Crippen molar-refractivity contribution in [3.63, 3.8) is 0 Å². The second-order valence-electron chi connectivity index (χ2n) is 2.68. The number of nitrogens with zero attached hydrogens (tertiary/aromatic N) is 2. The van der Waals surface area contributed by atoms with Crippen LogP contribution >= 0.6 is 15.9 Å². The molecule has 0 aromatic heterocycles. The lowest BCUT2D eigenvalue weighted by Gasteiger charge is -2.13. The zero-order valence-corrected chi connectivity index (χ0v) is 7.67. The maximum absolute atomic E-state index is 4.07. The molecule has 0 unspecified atom stereocenters. The molecule has 56 valence electrons. The highest BCUT2D eigenvalue weighted by Crippen LogP contribution is 2.30. The molecule has 1 atom stereocenters. The van der Waals surface area contributed by atoms with E-state index in [0.717, 1.165) is 4.48 Å². The summed E-state index contributed by atoms with van der Waals surface area (Å²) in [4.78, 5) is 0. The Bertz CT molecular complexity index is 310. The Hall–Kier alpha value is -0.700. The van der Waals surface area contributed by atoms with Crippen LogP contribution in [-0.2, 0) is 0 Å². The average molecular weight is 211 g/mol. The smallest absolute Gasteiger partial charge is 0.119 e. The standard InChI is InChI=1S/C8H7BrN2/c1-5-2-7(9)3-6-4-10-11-8(5)6/h2-4,8H,1H3/t8-/m1/s1. The van der Waals surface area contributed by atoms with E-state index >= 15 is 0 Å². The van der Waals surface area contributed by atoms with Gasteiger partial charge in [-0.25, -0.2) is 0 Å². The highest BCUT2D eigenvalue weighted by atomic mass is 79.9. The molecule has 0 fully saturated rings. The molecule has 0 N–H and O–H groups in total. The molecule has 0 radical (unpaired) electrons. The lowest BCUT2D eigenvalue weighted by Crippen LogP contribution is -2.08. The van der Waals surface area contributed by atoms with Gasteiger partial charge in [-0.15, -0.1) is 0 Å². The fraction of sp³-hybridized carbons (Fsp3) is 0.250. The topological polar surface area (TPSA) is 24.7 Å². The Morgan fingerprint density at radius 1 is 1.45 bits per heavy atom. The Labute approximate surface area is 73.5 Å². The number of hydrogen-bond donors (Lipinski definition) is 0. The summed E-state index contributed by atoms with van der Waals surface area (Å²) in [7, 11) is 0. The number of allylic oxidation sites excluding steroid dienone is 2. The molecule has 2 aliphatic rings. The fourth-order valence-electron chi connectivity index (χ4n) is 1.27. The molecule has 0 aromatic carbocycles. The summed E-state index contributed by atoms with van der Waals surface area (Å²) >= 11 is 3.43. The first-order valence-electron chi connectivity index (χ1n) is 3.43. The molecule has 0 bridgehead atoms. The van der Waals surface area contributed by atoms with Gasteiger partial charge in [0.1, 0.15) is 6.04 Å². The maximum Gasteiger partial charge on any atom is 0.119 e. The van der Waals surface area contributed by atoms with Crippen LogP contribution in [0.3, 0.4) is 0 Å². The summed E-state index contributed by atoms with van der Waals surface area (Å²) < 4.78 is 1.10. The minimum Gasteiger partial charge on any atom is -0.176 e. The molecule has 0 aromatic rings. The van der Waals surface area contributed by atoms with E-state index in [4.69, 9.17) is 0 Å². The van der Waals surface area contributed by atoms with Crippen LogP contribution in [0.2, 0.25) is 0 Å². The van der Waals surface area contributed by atoms with Crippen molar-refractivity contribution in [2.24, 2.45) is 10.2 Å².